The summed E-state index contributed by atoms with van der Waals surface area (Å²) in [5.41, 5.74) is 2.69. The molecule has 0 saturated heterocycles. The Labute approximate surface area is 119 Å². The molecule has 102 valence electrons. The van der Waals surface area contributed by atoms with Gasteiger partial charge in [0, 0.05) is 28.7 Å². The van der Waals surface area contributed by atoms with E-state index in [1.54, 1.807) is 13.1 Å². The number of nitrogens with zero attached hydrogens (tertiary/aromatic N) is 2. The number of carbonyl (C=O) groups excluding carboxylic acids is 1. The Hall–Kier alpha value is -2.21. The minimum atomic E-state index is -0.242. The Balaban J connectivity index is 1.88. The van der Waals surface area contributed by atoms with Gasteiger partial charge in [-0.25, -0.2) is 9.97 Å². The summed E-state index contributed by atoms with van der Waals surface area (Å²) in [6.07, 6.45) is 3.86. The van der Waals surface area contributed by atoms with Crippen molar-refractivity contribution in [3.05, 3.63) is 34.9 Å². The van der Waals surface area contributed by atoms with Gasteiger partial charge in [0.05, 0.1) is 18.7 Å². The van der Waals surface area contributed by atoms with Gasteiger partial charge in [0.2, 0.25) is 0 Å². The fourth-order valence-corrected chi connectivity index (χ4v) is 2.80. The number of esters is 1. The molecular weight excluding hydrogens is 274 g/mol. The third kappa shape index (κ3) is 2.42. The van der Waals surface area contributed by atoms with Crippen LogP contribution in [0.3, 0.4) is 0 Å². The van der Waals surface area contributed by atoms with E-state index < -0.39 is 0 Å². The summed E-state index contributed by atoms with van der Waals surface area (Å²) < 4.78 is 4.93. The molecule has 0 spiro atoms. The molecule has 0 aromatic carbocycles. The molecule has 0 aliphatic heterocycles. The molecule has 0 saturated carbocycles. The quantitative estimate of drug-likeness (QED) is 0.749. The minimum Gasteiger partial charge on any atom is -0.466 e. The van der Waals surface area contributed by atoms with E-state index in [1.807, 2.05) is 23.7 Å². The number of ether oxygens (including phenoxy) is 1. The minimum absolute atomic E-state index is 0.221. The first kappa shape index (κ1) is 12.8. The largest absolute Gasteiger partial charge is 0.466 e. The van der Waals surface area contributed by atoms with Gasteiger partial charge in [-0.1, -0.05) is 0 Å². The van der Waals surface area contributed by atoms with Crippen LogP contribution in [-0.4, -0.2) is 27.5 Å². The number of aromatic nitrogens is 3. The molecule has 6 heteroatoms. The van der Waals surface area contributed by atoms with Crippen molar-refractivity contribution < 1.29 is 9.53 Å². The number of fused-ring (bicyclic) bond motifs is 1. The van der Waals surface area contributed by atoms with Crippen LogP contribution in [0, 0.1) is 0 Å². The number of aromatic amines is 1. The van der Waals surface area contributed by atoms with E-state index in [1.165, 1.54) is 11.3 Å². The van der Waals surface area contributed by atoms with E-state index in [0.29, 0.717) is 6.61 Å². The standard InChI is InChI=1S/C14H13N3O2S/c1-2-19-13(18)6-12-17-11(8-20-12)10-7-16-14-9(10)4-3-5-15-14/h3-5,7-8H,2,6H2,1H3,(H,15,16). The van der Waals surface area contributed by atoms with Crippen LogP contribution in [0.1, 0.15) is 11.9 Å². The molecule has 0 aliphatic carbocycles. The van der Waals surface area contributed by atoms with Crippen LogP contribution in [0.15, 0.2) is 29.9 Å². The van der Waals surface area contributed by atoms with Crippen LogP contribution >= 0.6 is 11.3 Å². The number of H-pyrrole nitrogens is 1. The fourth-order valence-electron chi connectivity index (χ4n) is 2.02. The lowest BCUT2D eigenvalue weighted by Crippen LogP contribution is -2.07. The van der Waals surface area contributed by atoms with Gasteiger partial charge in [0.25, 0.3) is 0 Å². The van der Waals surface area contributed by atoms with Crippen LogP contribution in [0.25, 0.3) is 22.3 Å². The molecule has 0 radical (unpaired) electrons. The van der Waals surface area contributed by atoms with Crippen molar-refractivity contribution in [2.75, 3.05) is 6.61 Å². The molecule has 0 bridgehead atoms. The van der Waals surface area contributed by atoms with Crippen LogP contribution in [-0.2, 0) is 16.0 Å². The molecule has 0 fully saturated rings. The maximum Gasteiger partial charge on any atom is 0.312 e. The average molecular weight is 287 g/mol. The Morgan fingerprint density at radius 2 is 2.40 bits per heavy atom. The van der Waals surface area contributed by atoms with Gasteiger partial charge in [0.1, 0.15) is 10.7 Å². The summed E-state index contributed by atoms with van der Waals surface area (Å²) in [5.74, 6) is -0.242. The molecule has 0 unspecified atom stereocenters. The molecule has 3 rings (SSSR count). The Bertz CT molecular complexity index is 748. The van der Waals surface area contributed by atoms with E-state index in [-0.39, 0.29) is 12.4 Å². The lowest BCUT2D eigenvalue weighted by Gasteiger charge is -1.98. The molecule has 3 heterocycles. The molecule has 0 aliphatic rings. The number of pyridine rings is 1. The van der Waals surface area contributed by atoms with Gasteiger partial charge < -0.3 is 9.72 Å². The maximum atomic E-state index is 11.4. The number of hydrogen-bond donors (Lipinski definition) is 1. The summed E-state index contributed by atoms with van der Waals surface area (Å²) in [6.45, 7) is 2.19. The second-order valence-electron chi connectivity index (χ2n) is 4.21. The third-order valence-corrected chi connectivity index (χ3v) is 3.73. The van der Waals surface area contributed by atoms with Crippen LogP contribution in [0.4, 0.5) is 0 Å². The smallest absolute Gasteiger partial charge is 0.312 e. The Kier molecular flexibility index (Phi) is 3.47. The van der Waals surface area contributed by atoms with Crippen molar-refractivity contribution in [1.29, 1.82) is 0 Å². The predicted octanol–water partition coefficient (Wildman–Crippen LogP) is 2.79. The highest BCUT2D eigenvalue weighted by molar-refractivity contribution is 7.10. The zero-order valence-corrected chi connectivity index (χ0v) is 11.7. The summed E-state index contributed by atoms with van der Waals surface area (Å²) >= 11 is 1.46. The lowest BCUT2D eigenvalue weighted by molar-refractivity contribution is -0.142. The van der Waals surface area contributed by atoms with E-state index in [0.717, 1.165) is 27.3 Å². The van der Waals surface area contributed by atoms with Gasteiger partial charge in [-0.15, -0.1) is 11.3 Å². The summed E-state index contributed by atoms with van der Waals surface area (Å²) in [5, 5.41) is 3.74. The second kappa shape index (κ2) is 5.42. The number of nitrogens with one attached hydrogen (secondary N) is 1. The zero-order valence-electron chi connectivity index (χ0n) is 10.9. The van der Waals surface area contributed by atoms with Crippen LogP contribution < -0.4 is 0 Å². The Morgan fingerprint density at radius 1 is 1.50 bits per heavy atom. The van der Waals surface area contributed by atoms with Crippen LogP contribution in [0.2, 0.25) is 0 Å². The van der Waals surface area contributed by atoms with Gasteiger partial charge in [-0.3, -0.25) is 4.79 Å². The zero-order chi connectivity index (χ0) is 13.9. The summed E-state index contributed by atoms with van der Waals surface area (Å²) in [7, 11) is 0. The molecule has 0 amide bonds. The highest BCUT2D eigenvalue weighted by Gasteiger charge is 2.12. The van der Waals surface area contributed by atoms with Crippen molar-refractivity contribution in [1.82, 2.24) is 15.0 Å². The first-order valence-electron chi connectivity index (χ1n) is 6.30. The third-order valence-electron chi connectivity index (χ3n) is 2.88. The van der Waals surface area contributed by atoms with Crippen LogP contribution in [0.5, 0.6) is 0 Å². The van der Waals surface area contributed by atoms with E-state index in [4.69, 9.17) is 4.74 Å². The molecule has 5 nitrogen and oxygen atoms in total. The first-order valence-corrected chi connectivity index (χ1v) is 7.18. The van der Waals surface area contributed by atoms with Crippen molar-refractivity contribution in [3.63, 3.8) is 0 Å². The molecule has 3 aromatic rings. The predicted molar refractivity (Wildman–Crippen MR) is 77.5 cm³/mol. The highest BCUT2D eigenvalue weighted by Crippen LogP contribution is 2.28. The van der Waals surface area contributed by atoms with Crippen molar-refractivity contribution >= 4 is 28.3 Å². The molecule has 1 N–H and O–H groups in total. The molecule has 3 aromatic heterocycles. The number of carbonyl (C=O) groups is 1. The van der Waals surface area contributed by atoms with Gasteiger partial charge >= 0.3 is 5.97 Å². The first-order chi connectivity index (χ1) is 9.78. The number of rotatable bonds is 4. The summed E-state index contributed by atoms with van der Waals surface area (Å²) in [6, 6.07) is 3.89. The second-order valence-corrected chi connectivity index (χ2v) is 5.15. The van der Waals surface area contributed by atoms with Crippen molar-refractivity contribution in [2.45, 2.75) is 13.3 Å². The molecule has 20 heavy (non-hydrogen) atoms. The monoisotopic (exact) mass is 287 g/mol. The van der Waals surface area contributed by atoms with Gasteiger partial charge in [-0.05, 0) is 19.1 Å². The van der Waals surface area contributed by atoms with Gasteiger partial charge in [0.15, 0.2) is 0 Å². The normalized spacial score (nSPS) is 10.8. The van der Waals surface area contributed by atoms with E-state index in [9.17, 15) is 4.79 Å². The Morgan fingerprint density at radius 3 is 3.25 bits per heavy atom. The van der Waals surface area contributed by atoms with Crippen molar-refractivity contribution in [3.8, 4) is 11.3 Å². The maximum absolute atomic E-state index is 11.4. The SMILES string of the molecule is CCOC(=O)Cc1nc(-c2c[nH]c3ncccc23)cs1. The number of thiazole rings is 1. The van der Waals surface area contributed by atoms with Crippen molar-refractivity contribution in [2.24, 2.45) is 0 Å². The average Bonchev–Trinajstić information content (AvgIpc) is 3.05. The van der Waals surface area contributed by atoms with E-state index in [2.05, 4.69) is 15.0 Å². The van der Waals surface area contributed by atoms with Gasteiger partial charge in [-0.2, -0.15) is 0 Å². The molecule has 0 atom stereocenters. The topological polar surface area (TPSA) is 67.9 Å². The summed E-state index contributed by atoms with van der Waals surface area (Å²) in [4.78, 5) is 23.3. The lowest BCUT2D eigenvalue weighted by atomic mass is 10.2. The highest BCUT2D eigenvalue weighted by atomic mass is 32.1. The fraction of sp³-hybridized carbons (Fsp3) is 0.214. The number of hydrogen-bond acceptors (Lipinski definition) is 5. The van der Waals surface area contributed by atoms with E-state index >= 15 is 0 Å². The molecular formula is C14H13N3O2S.